The molecule has 0 saturated heterocycles. The van der Waals surface area contributed by atoms with Gasteiger partial charge in [0.2, 0.25) is 5.91 Å². The van der Waals surface area contributed by atoms with Gasteiger partial charge in [-0.3, -0.25) is 9.59 Å². The summed E-state index contributed by atoms with van der Waals surface area (Å²) in [5.74, 6) is -3.24. The Morgan fingerprint density at radius 3 is 2.14 bits per heavy atom. The lowest BCUT2D eigenvalue weighted by Gasteiger charge is -2.28. The predicted molar refractivity (Wildman–Crippen MR) is 71.3 cm³/mol. The zero-order valence-electron chi connectivity index (χ0n) is 12.2. The van der Waals surface area contributed by atoms with Crippen LogP contribution in [0.5, 0.6) is 0 Å². The Bertz CT molecular complexity index is 591. The van der Waals surface area contributed by atoms with Gasteiger partial charge in [0, 0.05) is 5.56 Å². The molecule has 4 nitrogen and oxygen atoms in total. The highest BCUT2D eigenvalue weighted by molar-refractivity contribution is 5.97. The van der Waals surface area contributed by atoms with Crippen molar-refractivity contribution in [2.24, 2.45) is 11.1 Å². The summed E-state index contributed by atoms with van der Waals surface area (Å²) < 4.78 is 51.1. The van der Waals surface area contributed by atoms with Crippen LogP contribution in [0.3, 0.4) is 0 Å². The average molecular weight is 320 g/mol. The highest BCUT2D eigenvalue weighted by atomic mass is 19.4. The largest absolute Gasteiger partial charge is 0.419 e. The molecule has 0 aliphatic carbocycles. The fraction of sp³-hybridized carbons (Fsp3) is 0.429. The number of carbonyl (C=O) groups excluding carboxylic acids is 2. The summed E-state index contributed by atoms with van der Waals surface area (Å²) >= 11 is 0. The maximum absolute atomic E-state index is 13.2. The molecule has 0 saturated carbocycles. The molecule has 0 fully saturated rings. The first-order valence-corrected chi connectivity index (χ1v) is 6.31. The molecular weight excluding hydrogens is 304 g/mol. The number of nitrogens with one attached hydrogen (secondary N) is 1. The molecule has 2 amide bonds. The van der Waals surface area contributed by atoms with Gasteiger partial charge < -0.3 is 11.1 Å². The number of hydrogen-bond donors (Lipinski definition) is 2. The Hall–Kier alpha value is -2.12. The zero-order chi connectivity index (χ0) is 17.3. The number of alkyl halides is 3. The van der Waals surface area contributed by atoms with Gasteiger partial charge in [-0.05, 0) is 23.6 Å². The summed E-state index contributed by atoms with van der Waals surface area (Å²) in [5.41, 5.74) is 2.49. The number of benzene rings is 1. The van der Waals surface area contributed by atoms with E-state index in [2.05, 4.69) is 5.32 Å². The van der Waals surface area contributed by atoms with E-state index in [-0.39, 0.29) is 0 Å². The van der Waals surface area contributed by atoms with E-state index in [9.17, 15) is 27.2 Å². The van der Waals surface area contributed by atoms with E-state index >= 15 is 0 Å². The van der Waals surface area contributed by atoms with Crippen molar-refractivity contribution in [3.8, 4) is 0 Å². The van der Waals surface area contributed by atoms with Gasteiger partial charge in [-0.25, -0.2) is 4.39 Å². The third kappa shape index (κ3) is 4.19. The third-order valence-electron chi connectivity index (χ3n) is 2.96. The molecule has 3 N–H and O–H groups in total. The molecule has 0 aliphatic rings. The average Bonchev–Trinajstić information content (AvgIpc) is 2.32. The number of nitrogens with two attached hydrogens (primary N) is 1. The summed E-state index contributed by atoms with van der Waals surface area (Å²) in [6, 6.07) is 0.763. The van der Waals surface area contributed by atoms with Crippen molar-refractivity contribution >= 4 is 11.8 Å². The SMILES string of the molecule is CC(C)(C)C(NC(=O)c1ccc(F)c(C(F)(F)F)c1)C(N)=O. The first-order chi connectivity index (χ1) is 9.84. The lowest BCUT2D eigenvalue weighted by atomic mass is 9.86. The minimum Gasteiger partial charge on any atom is -0.368 e. The quantitative estimate of drug-likeness (QED) is 0.840. The Morgan fingerprint density at radius 2 is 1.73 bits per heavy atom. The number of hydrogen-bond acceptors (Lipinski definition) is 2. The number of primary amides is 1. The van der Waals surface area contributed by atoms with Crippen molar-refractivity contribution in [3.63, 3.8) is 0 Å². The normalized spacial score (nSPS) is 13.6. The number of halogens is 4. The van der Waals surface area contributed by atoms with Crippen LogP contribution < -0.4 is 11.1 Å². The monoisotopic (exact) mass is 320 g/mol. The molecule has 0 radical (unpaired) electrons. The zero-order valence-corrected chi connectivity index (χ0v) is 12.2. The van der Waals surface area contributed by atoms with Crippen LogP contribution in [0.25, 0.3) is 0 Å². The van der Waals surface area contributed by atoms with Crippen LogP contribution >= 0.6 is 0 Å². The summed E-state index contributed by atoms with van der Waals surface area (Å²) in [5, 5.41) is 2.27. The smallest absolute Gasteiger partial charge is 0.368 e. The fourth-order valence-electron chi connectivity index (χ4n) is 1.81. The number of carbonyl (C=O) groups is 2. The van der Waals surface area contributed by atoms with Gasteiger partial charge in [0.05, 0.1) is 5.56 Å². The van der Waals surface area contributed by atoms with Crippen molar-refractivity contribution in [1.29, 1.82) is 0 Å². The van der Waals surface area contributed by atoms with Crippen LogP contribution in [0.2, 0.25) is 0 Å². The standard InChI is InChI=1S/C14H16F4N2O2/c1-13(2,3)10(11(19)21)20-12(22)7-4-5-9(15)8(6-7)14(16,17)18/h4-6,10H,1-3H3,(H2,19,21)(H,20,22). The highest BCUT2D eigenvalue weighted by Crippen LogP contribution is 2.32. The minimum absolute atomic E-state index is 0.394. The molecule has 1 atom stereocenters. The molecule has 1 aromatic rings. The highest BCUT2D eigenvalue weighted by Gasteiger charge is 2.35. The fourth-order valence-corrected chi connectivity index (χ4v) is 1.81. The van der Waals surface area contributed by atoms with E-state index in [1.807, 2.05) is 0 Å². The molecule has 0 aromatic heterocycles. The van der Waals surface area contributed by atoms with Crippen LogP contribution in [0, 0.1) is 11.2 Å². The van der Waals surface area contributed by atoms with Gasteiger partial charge in [-0.15, -0.1) is 0 Å². The Labute approximate surface area is 124 Å². The van der Waals surface area contributed by atoms with Crippen LogP contribution in [0.1, 0.15) is 36.7 Å². The van der Waals surface area contributed by atoms with Gasteiger partial charge in [-0.1, -0.05) is 20.8 Å². The summed E-state index contributed by atoms with van der Waals surface area (Å²) in [4.78, 5) is 23.3. The van der Waals surface area contributed by atoms with Gasteiger partial charge in [0.25, 0.3) is 5.91 Å². The summed E-state index contributed by atoms with van der Waals surface area (Å²) in [7, 11) is 0. The first-order valence-electron chi connectivity index (χ1n) is 6.31. The van der Waals surface area contributed by atoms with Crippen LogP contribution in [0.15, 0.2) is 18.2 Å². The first kappa shape index (κ1) is 17.9. The Balaban J connectivity index is 3.12. The van der Waals surface area contributed by atoms with Crippen LogP contribution in [-0.2, 0) is 11.0 Å². The molecule has 1 rings (SSSR count). The van der Waals surface area contributed by atoms with E-state index in [1.54, 1.807) is 20.8 Å². The molecule has 122 valence electrons. The topological polar surface area (TPSA) is 72.2 Å². The maximum atomic E-state index is 13.2. The second-order valence-electron chi connectivity index (χ2n) is 5.87. The molecule has 0 spiro atoms. The van der Waals surface area contributed by atoms with E-state index in [0.717, 1.165) is 6.07 Å². The van der Waals surface area contributed by atoms with E-state index in [1.165, 1.54) is 0 Å². The van der Waals surface area contributed by atoms with Gasteiger partial charge >= 0.3 is 6.18 Å². The molecular formula is C14H16F4N2O2. The van der Waals surface area contributed by atoms with Crippen molar-refractivity contribution in [2.75, 3.05) is 0 Å². The predicted octanol–water partition coefficient (Wildman–Crippen LogP) is 2.47. The lowest BCUT2D eigenvalue weighted by molar-refractivity contribution is -0.140. The second kappa shape index (κ2) is 5.94. The van der Waals surface area contributed by atoms with Gasteiger partial charge in [0.15, 0.2) is 0 Å². The molecule has 22 heavy (non-hydrogen) atoms. The van der Waals surface area contributed by atoms with Gasteiger partial charge in [-0.2, -0.15) is 13.2 Å². The van der Waals surface area contributed by atoms with Gasteiger partial charge in [0.1, 0.15) is 11.9 Å². The summed E-state index contributed by atoms with van der Waals surface area (Å²) in [6.45, 7) is 4.90. The lowest BCUT2D eigenvalue weighted by Crippen LogP contribution is -2.52. The Morgan fingerprint density at radius 1 is 1.18 bits per heavy atom. The molecule has 0 aliphatic heterocycles. The second-order valence-corrected chi connectivity index (χ2v) is 5.87. The van der Waals surface area contributed by atoms with E-state index in [0.29, 0.717) is 12.1 Å². The Kier molecular flexibility index (Phi) is 4.84. The van der Waals surface area contributed by atoms with Crippen molar-refractivity contribution in [1.82, 2.24) is 5.32 Å². The molecule has 1 aromatic carbocycles. The van der Waals surface area contributed by atoms with E-state index in [4.69, 9.17) is 5.73 Å². The maximum Gasteiger partial charge on any atom is 0.419 e. The molecule has 0 bridgehead atoms. The molecule has 0 heterocycles. The number of amides is 2. The van der Waals surface area contributed by atoms with Crippen molar-refractivity contribution < 1.29 is 27.2 Å². The third-order valence-corrected chi connectivity index (χ3v) is 2.96. The number of rotatable bonds is 3. The minimum atomic E-state index is -4.92. The molecule has 8 heteroatoms. The van der Waals surface area contributed by atoms with Crippen LogP contribution in [0.4, 0.5) is 17.6 Å². The summed E-state index contributed by atoms with van der Waals surface area (Å²) in [6.07, 6.45) is -4.92. The van der Waals surface area contributed by atoms with E-state index < -0.39 is 46.4 Å². The van der Waals surface area contributed by atoms with Crippen molar-refractivity contribution in [3.05, 3.63) is 35.1 Å². The van der Waals surface area contributed by atoms with Crippen LogP contribution in [-0.4, -0.2) is 17.9 Å². The molecule has 1 unspecified atom stereocenters. The van der Waals surface area contributed by atoms with Crippen molar-refractivity contribution in [2.45, 2.75) is 33.0 Å².